The van der Waals surface area contributed by atoms with Crippen LogP contribution in [0.2, 0.25) is 0 Å². The van der Waals surface area contributed by atoms with Gasteiger partial charge in [0, 0.05) is 19.8 Å². The summed E-state index contributed by atoms with van der Waals surface area (Å²) in [7, 11) is 1.73. The van der Waals surface area contributed by atoms with Crippen molar-refractivity contribution in [2.45, 2.75) is 13.0 Å². The molecular weight excluding hydrogens is 198 g/mol. The summed E-state index contributed by atoms with van der Waals surface area (Å²) in [6.45, 7) is 1.40. The number of amides is 1. The average Bonchev–Trinajstić information content (AvgIpc) is 2.53. The van der Waals surface area contributed by atoms with E-state index >= 15 is 0 Å². The number of nitrogens with zero attached hydrogens (tertiary/aromatic N) is 2. The van der Waals surface area contributed by atoms with Crippen LogP contribution in [0, 0.1) is 6.92 Å². The van der Waals surface area contributed by atoms with E-state index in [-0.39, 0.29) is 19.1 Å². The Hall–Kier alpha value is -1.40. The van der Waals surface area contributed by atoms with Crippen molar-refractivity contribution >= 4 is 5.91 Å². The van der Waals surface area contributed by atoms with Crippen molar-refractivity contribution in [2.75, 3.05) is 13.2 Å². The molecule has 6 nitrogen and oxygen atoms in total. The van der Waals surface area contributed by atoms with Gasteiger partial charge in [-0.2, -0.15) is 5.10 Å². The lowest BCUT2D eigenvalue weighted by Crippen LogP contribution is -2.34. The largest absolute Gasteiger partial charge is 0.394 e. The molecule has 0 aliphatic heterocycles. The number of hydrogen-bond acceptors (Lipinski definition) is 4. The van der Waals surface area contributed by atoms with Gasteiger partial charge in [0.25, 0.3) is 5.91 Å². The Kier molecular flexibility index (Phi) is 3.81. The van der Waals surface area contributed by atoms with Gasteiger partial charge in [0.1, 0.15) is 0 Å². The van der Waals surface area contributed by atoms with Crippen LogP contribution in [-0.4, -0.2) is 45.2 Å². The Morgan fingerprint density at radius 3 is 2.87 bits per heavy atom. The predicted octanol–water partition coefficient (Wildman–Crippen LogP) is -1.19. The summed E-state index contributed by atoms with van der Waals surface area (Å²) >= 11 is 0. The second kappa shape index (κ2) is 4.90. The van der Waals surface area contributed by atoms with Crippen LogP contribution in [0.4, 0.5) is 0 Å². The Labute approximate surface area is 87.5 Å². The normalized spacial score (nSPS) is 12.5. The van der Waals surface area contributed by atoms with Crippen LogP contribution in [0.25, 0.3) is 0 Å². The molecule has 0 spiro atoms. The molecular formula is C9H15N3O3. The summed E-state index contributed by atoms with van der Waals surface area (Å²) in [5, 5.41) is 24.1. The first kappa shape index (κ1) is 11.7. The van der Waals surface area contributed by atoms with E-state index in [1.54, 1.807) is 24.9 Å². The maximum atomic E-state index is 11.5. The summed E-state index contributed by atoms with van der Waals surface area (Å²) in [5.41, 5.74) is 1.11. The Morgan fingerprint density at radius 1 is 1.73 bits per heavy atom. The molecule has 84 valence electrons. The SMILES string of the molecule is Cc1nn(C)cc1C(=O)NCC(O)CO. The monoisotopic (exact) mass is 213 g/mol. The lowest BCUT2D eigenvalue weighted by molar-refractivity contribution is 0.0801. The maximum absolute atomic E-state index is 11.5. The number of carbonyl (C=O) groups is 1. The second-order valence-corrected chi connectivity index (χ2v) is 3.35. The molecule has 1 unspecified atom stereocenters. The number of aryl methyl sites for hydroxylation is 2. The van der Waals surface area contributed by atoms with E-state index in [4.69, 9.17) is 10.2 Å². The Bertz CT molecular complexity index is 348. The number of nitrogens with one attached hydrogen (secondary N) is 1. The zero-order chi connectivity index (χ0) is 11.4. The van der Waals surface area contributed by atoms with Gasteiger partial charge >= 0.3 is 0 Å². The van der Waals surface area contributed by atoms with Gasteiger partial charge in [-0.1, -0.05) is 0 Å². The molecule has 0 bridgehead atoms. The van der Waals surface area contributed by atoms with Crippen LogP contribution < -0.4 is 5.32 Å². The van der Waals surface area contributed by atoms with Gasteiger partial charge < -0.3 is 15.5 Å². The van der Waals surface area contributed by atoms with Crippen LogP contribution in [0.5, 0.6) is 0 Å². The van der Waals surface area contributed by atoms with Crippen LogP contribution in [-0.2, 0) is 7.05 Å². The summed E-state index contributed by atoms with van der Waals surface area (Å²) < 4.78 is 1.55. The van der Waals surface area contributed by atoms with Crippen LogP contribution >= 0.6 is 0 Å². The fraction of sp³-hybridized carbons (Fsp3) is 0.556. The van der Waals surface area contributed by atoms with Crippen molar-refractivity contribution in [3.8, 4) is 0 Å². The highest BCUT2D eigenvalue weighted by Crippen LogP contribution is 2.03. The smallest absolute Gasteiger partial charge is 0.254 e. The summed E-state index contributed by atoms with van der Waals surface area (Å²) in [6.07, 6.45) is 0.682. The molecule has 15 heavy (non-hydrogen) atoms. The first-order valence-electron chi connectivity index (χ1n) is 4.62. The highest BCUT2D eigenvalue weighted by Gasteiger charge is 2.13. The van der Waals surface area contributed by atoms with E-state index in [1.165, 1.54) is 0 Å². The molecule has 0 fully saturated rings. The number of carbonyl (C=O) groups excluding carboxylic acids is 1. The minimum atomic E-state index is -0.925. The third-order valence-corrected chi connectivity index (χ3v) is 1.97. The average molecular weight is 213 g/mol. The van der Waals surface area contributed by atoms with E-state index in [0.29, 0.717) is 11.3 Å². The topological polar surface area (TPSA) is 87.4 Å². The standard InChI is InChI=1S/C9H15N3O3/c1-6-8(4-12(2)11-6)9(15)10-3-7(14)5-13/h4,7,13-14H,3,5H2,1-2H3,(H,10,15). The number of aliphatic hydroxyl groups is 2. The fourth-order valence-corrected chi connectivity index (χ4v) is 1.19. The molecule has 0 saturated carbocycles. The van der Waals surface area contributed by atoms with E-state index in [0.717, 1.165) is 0 Å². The molecule has 1 rings (SSSR count). The van der Waals surface area contributed by atoms with Crippen molar-refractivity contribution in [3.63, 3.8) is 0 Å². The molecule has 1 amide bonds. The zero-order valence-electron chi connectivity index (χ0n) is 8.77. The molecule has 0 radical (unpaired) electrons. The van der Waals surface area contributed by atoms with Crippen molar-refractivity contribution in [1.82, 2.24) is 15.1 Å². The van der Waals surface area contributed by atoms with Gasteiger partial charge in [-0.05, 0) is 6.92 Å². The predicted molar refractivity (Wildman–Crippen MR) is 53.4 cm³/mol. The van der Waals surface area contributed by atoms with E-state index < -0.39 is 6.10 Å². The summed E-state index contributed by atoms with van der Waals surface area (Å²) in [5.74, 6) is -0.298. The van der Waals surface area contributed by atoms with Gasteiger partial charge in [0.2, 0.25) is 0 Å². The minimum absolute atomic E-state index is 0.0314. The van der Waals surface area contributed by atoms with Gasteiger partial charge in [0.15, 0.2) is 0 Å². The van der Waals surface area contributed by atoms with E-state index in [9.17, 15) is 4.79 Å². The lowest BCUT2D eigenvalue weighted by Gasteiger charge is -2.07. The molecule has 1 atom stereocenters. The van der Waals surface area contributed by atoms with Crippen LogP contribution in [0.15, 0.2) is 6.20 Å². The molecule has 1 heterocycles. The third kappa shape index (κ3) is 3.03. The number of hydrogen-bond donors (Lipinski definition) is 3. The zero-order valence-corrected chi connectivity index (χ0v) is 8.77. The molecule has 0 aliphatic carbocycles. The van der Waals surface area contributed by atoms with Gasteiger partial charge in [0.05, 0.1) is 24.0 Å². The highest BCUT2D eigenvalue weighted by atomic mass is 16.3. The van der Waals surface area contributed by atoms with Crippen molar-refractivity contribution in [1.29, 1.82) is 0 Å². The van der Waals surface area contributed by atoms with Gasteiger partial charge in [-0.25, -0.2) is 0 Å². The maximum Gasteiger partial charge on any atom is 0.254 e. The molecule has 0 saturated heterocycles. The summed E-state index contributed by atoms with van der Waals surface area (Å²) in [4.78, 5) is 11.5. The molecule has 1 aromatic heterocycles. The van der Waals surface area contributed by atoms with Gasteiger partial charge in [-0.15, -0.1) is 0 Å². The molecule has 6 heteroatoms. The third-order valence-electron chi connectivity index (χ3n) is 1.97. The quantitative estimate of drug-likeness (QED) is 0.587. The fourth-order valence-electron chi connectivity index (χ4n) is 1.19. The van der Waals surface area contributed by atoms with E-state index in [2.05, 4.69) is 10.4 Å². The lowest BCUT2D eigenvalue weighted by atomic mass is 10.2. The number of aliphatic hydroxyl groups excluding tert-OH is 2. The highest BCUT2D eigenvalue weighted by molar-refractivity contribution is 5.94. The first-order valence-corrected chi connectivity index (χ1v) is 4.62. The van der Waals surface area contributed by atoms with Gasteiger partial charge in [-0.3, -0.25) is 9.48 Å². The van der Waals surface area contributed by atoms with Crippen molar-refractivity contribution in [3.05, 3.63) is 17.5 Å². The van der Waals surface area contributed by atoms with Crippen molar-refractivity contribution < 1.29 is 15.0 Å². The minimum Gasteiger partial charge on any atom is -0.394 e. The Balaban J connectivity index is 2.58. The van der Waals surface area contributed by atoms with Crippen LogP contribution in [0.1, 0.15) is 16.1 Å². The first-order chi connectivity index (χ1) is 7.04. The molecule has 0 aromatic carbocycles. The second-order valence-electron chi connectivity index (χ2n) is 3.35. The van der Waals surface area contributed by atoms with E-state index in [1.807, 2.05) is 0 Å². The number of aromatic nitrogens is 2. The molecule has 3 N–H and O–H groups in total. The summed E-state index contributed by atoms with van der Waals surface area (Å²) in [6, 6.07) is 0. The number of rotatable bonds is 4. The Morgan fingerprint density at radius 2 is 2.40 bits per heavy atom. The van der Waals surface area contributed by atoms with Crippen molar-refractivity contribution in [2.24, 2.45) is 7.05 Å². The molecule has 0 aliphatic rings. The molecule has 1 aromatic rings. The van der Waals surface area contributed by atoms with Crippen LogP contribution in [0.3, 0.4) is 0 Å².